The van der Waals surface area contributed by atoms with Crippen molar-refractivity contribution in [2.24, 2.45) is 5.92 Å². The molecule has 0 rings (SSSR count). The summed E-state index contributed by atoms with van der Waals surface area (Å²) in [5.74, 6) is -1.30. The van der Waals surface area contributed by atoms with Gasteiger partial charge in [-0.05, 0) is 31.6 Å². The van der Waals surface area contributed by atoms with Gasteiger partial charge in [-0.15, -0.1) is 0 Å². The summed E-state index contributed by atoms with van der Waals surface area (Å²) in [5, 5.41) is 10.6. The van der Waals surface area contributed by atoms with Crippen LogP contribution in [0, 0.1) is 5.92 Å². The van der Waals surface area contributed by atoms with Crippen LogP contribution in [0.5, 0.6) is 0 Å². The highest BCUT2D eigenvalue weighted by atomic mass is 31.2. The monoisotopic (exact) mass is 1400 g/mol. The number of carbonyl (C=O) groups is 4. The first-order valence-electron chi connectivity index (χ1n) is 39.6. The van der Waals surface area contributed by atoms with E-state index in [0.717, 1.165) is 95.8 Å². The SMILES string of the molecule is CCCCCCCCCCCCCCCCC(=O)OC[C@H](COP(=O)(O)OC[C@@H](O)COP(=O)(O)OC[C@@H](COC(=O)CCCCCCCCCCCCC)OC(=O)CCCCCCCCCCCCC)OC(=O)CCCCCCCCCCCCCCCCCCC(C)C. The lowest BCUT2D eigenvalue weighted by Crippen LogP contribution is -2.30. The molecule has 0 aromatic heterocycles. The van der Waals surface area contributed by atoms with Crippen LogP contribution in [0.4, 0.5) is 0 Å². The fourth-order valence-electron chi connectivity index (χ4n) is 11.7. The number of hydrogen-bond donors (Lipinski definition) is 3. The fourth-order valence-corrected chi connectivity index (χ4v) is 13.3. The minimum atomic E-state index is -4.96. The molecule has 0 aliphatic carbocycles. The Morgan fingerprint density at radius 2 is 0.484 bits per heavy atom. The van der Waals surface area contributed by atoms with E-state index < -0.39 is 97.5 Å². The number of rotatable bonds is 76. The summed E-state index contributed by atoms with van der Waals surface area (Å²) >= 11 is 0. The Hall–Kier alpha value is -1.94. The van der Waals surface area contributed by atoms with E-state index in [2.05, 4.69) is 34.6 Å². The molecule has 0 saturated carbocycles. The molecule has 0 spiro atoms. The lowest BCUT2D eigenvalue weighted by atomic mass is 10.0. The van der Waals surface area contributed by atoms with Gasteiger partial charge in [-0.2, -0.15) is 0 Å². The molecular formula is C76H148O17P2. The van der Waals surface area contributed by atoms with E-state index in [1.165, 1.54) is 225 Å². The van der Waals surface area contributed by atoms with Crippen LogP contribution in [0.1, 0.15) is 401 Å². The normalized spacial score (nSPS) is 13.9. The zero-order valence-corrected chi connectivity index (χ0v) is 63.6. The molecule has 2 unspecified atom stereocenters. The first-order chi connectivity index (χ1) is 46.0. The Morgan fingerprint density at radius 1 is 0.284 bits per heavy atom. The van der Waals surface area contributed by atoms with E-state index in [0.29, 0.717) is 25.7 Å². The zero-order valence-electron chi connectivity index (χ0n) is 61.8. The molecule has 95 heavy (non-hydrogen) atoms. The Morgan fingerprint density at radius 3 is 0.716 bits per heavy atom. The molecule has 0 heterocycles. The van der Waals surface area contributed by atoms with Gasteiger partial charge in [-0.1, -0.05) is 349 Å². The lowest BCUT2D eigenvalue weighted by Gasteiger charge is -2.21. The lowest BCUT2D eigenvalue weighted by molar-refractivity contribution is -0.161. The van der Waals surface area contributed by atoms with Crippen LogP contribution < -0.4 is 0 Å². The zero-order chi connectivity index (χ0) is 69.8. The van der Waals surface area contributed by atoms with Crippen molar-refractivity contribution in [3.63, 3.8) is 0 Å². The first kappa shape index (κ1) is 93.1. The van der Waals surface area contributed by atoms with Crippen molar-refractivity contribution in [2.75, 3.05) is 39.6 Å². The maximum Gasteiger partial charge on any atom is 0.472 e. The summed E-state index contributed by atoms with van der Waals surface area (Å²) in [6, 6.07) is 0. The van der Waals surface area contributed by atoms with Gasteiger partial charge in [0.2, 0.25) is 0 Å². The molecule has 0 aliphatic rings. The Bertz CT molecular complexity index is 1820. The fraction of sp³-hybridized carbons (Fsp3) is 0.947. The summed E-state index contributed by atoms with van der Waals surface area (Å²) in [6.45, 7) is 7.32. The topological polar surface area (TPSA) is 237 Å². The number of unbranched alkanes of at least 4 members (excludes halogenated alkanes) is 48. The molecule has 17 nitrogen and oxygen atoms in total. The minimum absolute atomic E-state index is 0.108. The average Bonchev–Trinajstić information content (AvgIpc) is 1.37. The number of aliphatic hydroxyl groups excluding tert-OH is 1. The molecule has 19 heteroatoms. The molecule has 0 aliphatic heterocycles. The number of ether oxygens (including phenoxy) is 4. The number of aliphatic hydroxyl groups is 1. The van der Waals surface area contributed by atoms with Gasteiger partial charge in [0.05, 0.1) is 26.4 Å². The summed E-state index contributed by atoms with van der Waals surface area (Å²) in [6.07, 6.45) is 58.1. The Balaban J connectivity index is 5.22. The standard InChI is InChI=1S/C76H148O17P2/c1-6-9-12-15-18-21-24-25-31-36-40-45-50-55-60-74(79)87-66-72(93-76(81)62-57-52-47-42-37-32-29-27-26-28-30-35-38-43-48-53-58-69(4)5)68-91-95(84,85)89-64-70(77)63-88-94(82,83)90-67-71(92-75(80)61-56-51-46-41-34-23-20-17-14-11-8-3)65-86-73(78)59-54-49-44-39-33-22-19-16-13-10-7-2/h69-72,77H,6-68H2,1-5H3,(H,82,83)(H,84,85)/t70-,71+,72+/m0/s1. The molecule has 0 radical (unpaired) electrons. The van der Waals surface area contributed by atoms with Crippen molar-refractivity contribution in [1.29, 1.82) is 0 Å². The molecule has 0 amide bonds. The van der Waals surface area contributed by atoms with Gasteiger partial charge in [-0.25, -0.2) is 9.13 Å². The number of carbonyl (C=O) groups excluding carboxylic acids is 4. The minimum Gasteiger partial charge on any atom is -0.462 e. The summed E-state index contributed by atoms with van der Waals surface area (Å²) in [7, 11) is -9.91. The number of phosphoric ester groups is 2. The average molecular weight is 1400 g/mol. The van der Waals surface area contributed by atoms with Crippen LogP contribution in [0.2, 0.25) is 0 Å². The third-order valence-electron chi connectivity index (χ3n) is 17.8. The third kappa shape index (κ3) is 70.3. The maximum absolute atomic E-state index is 13.1. The van der Waals surface area contributed by atoms with E-state index >= 15 is 0 Å². The summed E-state index contributed by atoms with van der Waals surface area (Å²) in [5.41, 5.74) is 0. The van der Waals surface area contributed by atoms with Gasteiger partial charge in [0.25, 0.3) is 0 Å². The third-order valence-corrected chi connectivity index (χ3v) is 19.7. The second-order valence-corrected chi connectivity index (χ2v) is 30.8. The van der Waals surface area contributed by atoms with Gasteiger partial charge >= 0.3 is 39.5 Å². The predicted octanol–water partition coefficient (Wildman–Crippen LogP) is 22.5. The van der Waals surface area contributed by atoms with E-state index in [1.807, 2.05) is 0 Å². The Labute approximate surface area is 581 Å². The van der Waals surface area contributed by atoms with Crippen molar-refractivity contribution in [2.45, 2.75) is 419 Å². The number of phosphoric acid groups is 2. The number of hydrogen-bond acceptors (Lipinski definition) is 15. The van der Waals surface area contributed by atoms with E-state index in [4.69, 9.17) is 37.0 Å². The highest BCUT2D eigenvalue weighted by molar-refractivity contribution is 7.47. The van der Waals surface area contributed by atoms with E-state index in [9.17, 15) is 43.2 Å². The van der Waals surface area contributed by atoms with Crippen LogP contribution in [-0.4, -0.2) is 96.7 Å². The van der Waals surface area contributed by atoms with Gasteiger partial charge in [-0.3, -0.25) is 37.3 Å². The van der Waals surface area contributed by atoms with E-state index in [1.54, 1.807) is 0 Å². The second kappa shape index (κ2) is 69.2. The predicted molar refractivity (Wildman–Crippen MR) is 386 cm³/mol. The highest BCUT2D eigenvalue weighted by Crippen LogP contribution is 2.45. The molecule has 0 fully saturated rings. The largest absolute Gasteiger partial charge is 0.472 e. The quantitative estimate of drug-likeness (QED) is 0.0222. The molecular weight excluding hydrogens is 1250 g/mol. The molecule has 3 N–H and O–H groups in total. The van der Waals surface area contributed by atoms with Gasteiger partial charge < -0.3 is 33.8 Å². The van der Waals surface area contributed by atoms with Crippen LogP contribution in [-0.2, 0) is 65.4 Å². The second-order valence-electron chi connectivity index (χ2n) is 27.9. The van der Waals surface area contributed by atoms with Crippen molar-refractivity contribution in [3.05, 3.63) is 0 Å². The van der Waals surface area contributed by atoms with E-state index in [-0.39, 0.29) is 25.7 Å². The van der Waals surface area contributed by atoms with Crippen molar-refractivity contribution in [3.8, 4) is 0 Å². The van der Waals surface area contributed by atoms with Crippen molar-refractivity contribution in [1.82, 2.24) is 0 Å². The molecule has 0 aromatic carbocycles. The van der Waals surface area contributed by atoms with Crippen molar-refractivity contribution < 1.29 is 80.2 Å². The molecule has 0 saturated heterocycles. The molecule has 0 bridgehead atoms. The van der Waals surface area contributed by atoms with Crippen LogP contribution in [0.25, 0.3) is 0 Å². The maximum atomic E-state index is 13.1. The van der Waals surface area contributed by atoms with Crippen LogP contribution in [0.3, 0.4) is 0 Å². The van der Waals surface area contributed by atoms with Gasteiger partial charge in [0.1, 0.15) is 19.3 Å². The molecule has 564 valence electrons. The summed E-state index contributed by atoms with van der Waals surface area (Å²) in [4.78, 5) is 72.8. The smallest absolute Gasteiger partial charge is 0.462 e. The van der Waals surface area contributed by atoms with Gasteiger partial charge in [0, 0.05) is 25.7 Å². The number of esters is 4. The van der Waals surface area contributed by atoms with Crippen LogP contribution in [0.15, 0.2) is 0 Å². The van der Waals surface area contributed by atoms with Crippen LogP contribution >= 0.6 is 15.6 Å². The first-order valence-corrected chi connectivity index (χ1v) is 42.6. The highest BCUT2D eigenvalue weighted by Gasteiger charge is 2.30. The Kier molecular flexibility index (Phi) is 67.7. The van der Waals surface area contributed by atoms with Crippen molar-refractivity contribution >= 4 is 39.5 Å². The summed E-state index contributed by atoms with van der Waals surface area (Å²) < 4.78 is 68.5. The molecule has 5 atom stereocenters. The molecule has 0 aromatic rings. The van der Waals surface area contributed by atoms with Gasteiger partial charge in [0.15, 0.2) is 12.2 Å².